The zero-order chi connectivity index (χ0) is 23.3. The molecule has 0 spiro atoms. The molecule has 0 aliphatic rings. The molecule has 168 valence electrons. The molecule has 5 rings (SSSR count). The van der Waals surface area contributed by atoms with Crippen molar-refractivity contribution in [3.63, 3.8) is 0 Å². The molecule has 2 heterocycles. The van der Waals surface area contributed by atoms with Crippen LogP contribution in [0.2, 0.25) is 5.02 Å². The summed E-state index contributed by atoms with van der Waals surface area (Å²) in [5.41, 5.74) is 3.43. The van der Waals surface area contributed by atoms with Crippen molar-refractivity contribution < 1.29 is 4.79 Å². The van der Waals surface area contributed by atoms with Gasteiger partial charge < -0.3 is 5.32 Å². The zero-order valence-corrected chi connectivity index (χ0v) is 19.6. The monoisotopic (exact) mass is 485 g/mol. The second-order valence-corrected chi connectivity index (χ2v) is 8.99. The van der Waals surface area contributed by atoms with E-state index < -0.39 is 0 Å². The van der Waals surface area contributed by atoms with E-state index in [1.165, 1.54) is 11.8 Å². The van der Waals surface area contributed by atoms with E-state index in [1.807, 2.05) is 59.2 Å². The molecule has 1 amide bonds. The first kappa shape index (κ1) is 22.1. The predicted molar refractivity (Wildman–Crippen MR) is 137 cm³/mol. The Morgan fingerprint density at radius 3 is 2.47 bits per heavy atom. The maximum Gasteiger partial charge on any atom is 0.234 e. The van der Waals surface area contributed by atoms with Crippen LogP contribution in [0.5, 0.6) is 0 Å². The molecule has 0 aliphatic heterocycles. The maximum atomic E-state index is 12.5. The summed E-state index contributed by atoms with van der Waals surface area (Å²) in [6.07, 6.45) is 0. The van der Waals surface area contributed by atoms with Crippen molar-refractivity contribution in [1.82, 2.24) is 19.7 Å². The van der Waals surface area contributed by atoms with Gasteiger partial charge in [-0.2, -0.15) is 0 Å². The number of carbonyl (C=O) groups excluding carboxylic acids is 1. The van der Waals surface area contributed by atoms with Crippen molar-refractivity contribution in [2.75, 3.05) is 11.1 Å². The van der Waals surface area contributed by atoms with E-state index in [2.05, 4.69) is 27.6 Å². The summed E-state index contributed by atoms with van der Waals surface area (Å²) in [7, 11) is 0. The number of benzene rings is 3. The molecule has 0 bridgehead atoms. The topological polar surface area (TPSA) is 72.7 Å². The van der Waals surface area contributed by atoms with E-state index in [9.17, 15) is 4.79 Å². The van der Waals surface area contributed by atoms with Crippen molar-refractivity contribution in [3.8, 4) is 11.5 Å². The number of hydrogen-bond acceptors (Lipinski definition) is 5. The van der Waals surface area contributed by atoms with E-state index in [1.54, 1.807) is 24.3 Å². The Bertz CT molecular complexity index is 1440. The van der Waals surface area contributed by atoms with E-state index in [-0.39, 0.29) is 11.7 Å². The maximum absolute atomic E-state index is 12.5. The van der Waals surface area contributed by atoms with Gasteiger partial charge in [-0.05, 0) is 42.0 Å². The van der Waals surface area contributed by atoms with Crippen molar-refractivity contribution >= 4 is 45.9 Å². The summed E-state index contributed by atoms with van der Waals surface area (Å²) < 4.78 is 2.01. The highest BCUT2D eigenvalue weighted by Crippen LogP contribution is 2.26. The Balaban J connectivity index is 1.41. The zero-order valence-electron chi connectivity index (χ0n) is 18.1. The first-order valence-electron chi connectivity index (χ1n) is 10.7. The van der Waals surface area contributed by atoms with Gasteiger partial charge in [-0.15, -0.1) is 10.2 Å². The number of anilines is 1. The van der Waals surface area contributed by atoms with Crippen molar-refractivity contribution in [1.29, 1.82) is 0 Å². The van der Waals surface area contributed by atoms with Gasteiger partial charge in [0.25, 0.3) is 0 Å². The molecule has 0 unspecified atom stereocenters. The van der Waals surface area contributed by atoms with Crippen LogP contribution in [0.4, 0.5) is 5.69 Å². The number of thioether (sulfide) groups is 1. The van der Waals surface area contributed by atoms with Gasteiger partial charge in [0.1, 0.15) is 5.69 Å². The molecule has 8 heteroatoms. The highest BCUT2D eigenvalue weighted by molar-refractivity contribution is 7.99. The van der Waals surface area contributed by atoms with Gasteiger partial charge >= 0.3 is 0 Å². The molecule has 0 saturated heterocycles. The molecule has 0 fully saturated rings. The minimum absolute atomic E-state index is 0.132. The number of aromatic nitrogens is 4. The lowest BCUT2D eigenvalue weighted by Crippen LogP contribution is -2.14. The molecule has 5 aromatic rings. The Morgan fingerprint density at radius 2 is 1.65 bits per heavy atom. The second-order valence-electron chi connectivity index (χ2n) is 7.61. The highest BCUT2D eigenvalue weighted by Gasteiger charge is 2.17. The summed E-state index contributed by atoms with van der Waals surface area (Å²) in [6, 6.07) is 29.1. The lowest BCUT2D eigenvalue weighted by molar-refractivity contribution is -0.113. The van der Waals surface area contributed by atoms with Crippen LogP contribution in [0.15, 0.2) is 96.2 Å². The Morgan fingerprint density at radius 1 is 0.882 bits per heavy atom. The lowest BCUT2D eigenvalue weighted by atomic mass is 10.2. The Kier molecular flexibility index (Phi) is 6.56. The number of para-hydroxylation sites is 1. The summed E-state index contributed by atoms with van der Waals surface area (Å²) in [6.45, 7) is 0.568. The lowest BCUT2D eigenvalue weighted by Gasteiger charge is -2.11. The molecule has 2 aromatic heterocycles. The van der Waals surface area contributed by atoms with E-state index >= 15 is 0 Å². The summed E-state index contributed by atoms with van der Waals surface area (Å²) >= 11 is 7.26. The molecule has 3 aromatic carbocycles. The third kappa shape index (κ3) is 5.11. The van der Waals surface area contributed by atoms with Crippen LogP contribution in [-0.4, -0.2) is 31.4 Å². The van der Waals surface area contributed by atoms with Crippen LogP contribution in [0.25, 0.3) is 22.4 Å². The summed E-state index contributed by atoms with van der Waals surface area (Å²) in [4.78, 5) is 17.3. The first-order valence-corrected chi connectivity index (χ1v) is 12.0. The molecule has 0 saturated carbocycles. The van der Waals surface area contributed by atoms with Crippen molar-refractivity contribution in [2.45, 2.75) is 11.7 Å². The van der Waals surface area contributed by atoms with Gasteiger partial charge in [0.2, 0.25) is 5.91 Å². The van der Waals surface area contributed by atoms with Crippen LogP contribution in [0.3, 0.4) is 0 Å². The number of hydrogen-bond donors (Lipinski definition) is 1. The van der Waals surface area contributed by atoms with E-state index in [0.717, 1.165) is 22.2 Å². The van der Waals surface area contributed by atoms with Crippen LogP contribution in [0.1, 0.15) is 5.56 Å². The Labute approximate surface area is 206 Å². The predicted octanol–water partition coefficient (Wildman–Crippen LogP) is 5.93. The van der Waals surface area contributed by atoms with E-state index in [4.69, 9.17) is 16.6 Å². The molecule has 34 heavy (non-hydrogen) atoms. The number of nitrogens with one attached hydrogen (secondary N) is 1. The van der Waals surface area contributed by atoms with Gasteiger partial charge in [0, 0.05) is 16.1 Å². The average Bonchev–Trinajstić information content (AvgIpc) is 3.26. The fourth-order valence-corrected chi connectivity index (χ4v) is 4.41. The molecular weight excluding hydrogens is 466 g/mol. The fraction of sp³-hybridized carbons (Fsp3) is 0.0769. The average molecular weight is 486 g/mol. The van der Waals surface area contributed by atoms with Gasteiger partial charge in [0.15, 0.2) is 11.0 Å². The third-order valence-corrected chi connectivity index (χ3v) is 6.41. The van der Waals surface area contributed by atoms with Crippen molar-refractivity contribution in [2.24, 2.45) is 0 Å². The van der Waals surface area contributed by atoms with Gasteiger partial charge in [-0.1, -0.05) is 78.0 Å². The molecule has 0 aliphatic carbocycles. The number of rotatable bonds is 7. The number of fused-ring (bicyclic) bond motifs is 1. The van der Waals surface area contributed by atoms with Gasteiger partial charge in [0.05, 0.1) is 17.8 Å². The SMILES string of the molecule is O=C(CSc1nnc(-c2ccc3ccccc3n2)n1Cc1ccccc1)Nc1ccc(Cl)cc1. The standard InChI is InChI=1S/C26H20ClN5OS/c27-20-11-13-21(14-12-20)28-24(33)17-34-26-31-30-25(32(26)16-18-6-2-1-3-7-18)23-15-10-19-8-4-5-9-22(19)29-23/h1-15H,16-17H2,(H,28,33). The fourth-order valence-electron chi connectivity index (χ4n) is 3.54. The number of pyridine rings is 1. The number of amides is 1. The van der Waals surface area contributed by atoms with E-state index in [0.29, 0.717) is 28.2 Å². The minimum atomic E-state index is -0.132. The highest BCUT2D eigenvalue weighted by atomic mass is 35.5. The second kappa shape index (κ2) is 10.1. The van der Waals surface area contributed by atoms with Gasteiger partial charge in [-0.25, -0.2) is 4.98 Å². The van der Waals surface area contributed by atoms with Gasteiger partial charge in [-0.3, -0.25) is 9.36 Å². The molecule has 6 nitrogen and oxygen atoms in total. The number of nitrogens with zero attached hydrogens (tertiary/aromatic N) is 4. The minimum Gasteiger partial charge on any atom is -0.325 e. The summed E-state index contributed by atoms with van der Waals surface area (Å²) in [5.74, 6) is 0.725. The smallest absolute Gasteiger partial charge is 0.234 e. The molecular formula is C26H20ClN5OS. The number of carbonyl (C=O) groups is 1. The number of halogens is 1. The van der Waals surface area contributed by atoms with Crippen LogP contribution < -0.4 is 5.32 Å². The molecule has 1 N–H and O–H groups in total. The quantitative estimate of drug-likeness (QED) is 0.289. The van der Waals surface area contributed by atoms with Crippen LogP contribution >= 0.6 is 23.4 Å². The first-order chi connectivity index (χ1) is 16.7. The molecule has 0 radical (unpaired) electrons. The van der Waals surface area contributed by atoms with Crippen molar-refractivity contribution in [3.05, 3.63) is 102 Å². The summed E-state index contributed by atoms with van der Waals surface area (Å²) in [5, 5.41) is 14.1. The molecule has 0 atom stereocenters. The third-order valence-electron chi connectivity index (χ3n) is 5.19. The Hall–Kier alpha value is -3.68. The largest absolute Gasteiger partial charge is 0.325 e. The van der Waals surface area contributed by atoms with Crippen LogP contribution in [-0.2, 0) is 11.3 Å². The van der Waals surface area contributed by atoms with Crippen LogP contribution in [0, 0.1) is 0 Å². The normalized spacial score (nSPS) is 11.0.